The minimum atomic E-state index is -0.407. The number of hydrogen-bond acceptors (Lipinski definition) is 3. The predicted octanol–water partition coefficient (Wildman–Crippen LogP) is 2.96. The minimum Gasteiger partial charge on any atom is -0.508 e. The molecular weight excluding hydrogens is 276 g/mol. The van der Waals surface area contributed by atoms with Gasteiger partial charge >= 0.3 is 0 Å². The zero-order valence-corrected chi connectivity index (χ0v) is 13.1. The number of aldehydes is 1. The summed E-state index contributed by atoms with van der Waals surface area (Å²) in [7, 11) is 0. The second kappa shape index (κ2) is 4.58. The number of aromatic hydroxyl groups is 1. The Bertz CT molecular complexity index is 625. The van der Waals surface area contributed by atoms with E-state index in [1.807, 2.05) is 12.1 Å². The molecule has 3 aliphatic carbocycles. The zero-order chi connectivity index (χ0) is 15.5. The van der Waals surface area contributed by atoms with Gasteiger partial charge in [0.2, 0.25) is 0 Å². The highest BCUT2D eigenvalue weighted by molar-refractivity contribution is 5.72. The molecule has 2 saturated carbocycles. The Morgan fingerprint density at radius 1 is 1.27 bits per heavy atom. The van der Waals surface area contributed by atoms with Crippen molar-refractivity contribution in [2.45, 2.75) is 57.0 Å². The molecule has 118 valence electrons. The smallest absolute Gasteiger partial charge is 0.130 e. The Hall–Kier alpha value is -1.35. The molecule has 1 aromatic rings. The molecule has 2 N–H and O–H groups in total. The molecule has 0 saturated heterocycles. The number of rotatable bonds is 1. The number of phenolic OH excluding ortho intramolecular Hbond substituents is 1. The van der Waals surface area contributed by atoms with Gasteiger partial charge in [0.25, 0.3) is 0 Å². The van der Waals surface area contributed by atoms with Crippen LogP contribution in [0.2, 0.25) is 0 Å². The van der Waals surface area contributed by atoms with E-state index >= 15 is 0 Å². The monoisotopic (exact) mass is 300 g/mol. The van der Waals surface area contributed by atoms with E-state index in [2.05, 4.69) is 6.92 Å². The Balaban J connectivity index is 1.82. The normalized spacial score (nSPS) is 43.1. The maximum atomic E-state index is 12.2. The minimum absolute atomic E-state index is 0.186. The number of hydrogen-bond donors (Lipinski definition) is 2. The average molecular weight is 300 g/mol. The molecule has 0 spiro atoms. The summed E-state index contributed by atoms with van der Waals surface area (Å²) in [4.78, 5) is 12.2. The average Bonchev–Trinajstić information content (AvgIpc) is 2.80. The highest BCUT2D eigenvalue weighted by Crippen LogP contribution is 2.62. The molecule has 3 aliphatic rings. The summed E-state index contributed by atoms with van der Waals surface area (Å²) < 4.78 is 0. The number of aliphatic hydroxyl groups is 1. The van der Waals surface area contributed by atoms with E-state index in [0.29, 0.717) is 11.8 Å². The molecule has 2 fully saturated rings. The largest absolute Gasteiger partial charge is 0.508 e. The fourth-order valence-corrected chi connectivity index (χ4v) is 5.88. The van der Waals surface area contributed by atoms with Gasteiger partial charge in [-0.25, -0.2) is 0 Å². The van der Waals surface area contributed by atoms with Crippen LogP contribution in [0.4, 0.5) is 0 Å². The fourth-order valence-electron chi connectivity index (χ4n) is 5.88. The molecular formula is C19H24O3. The van der Waals surface area contributed by atoms with Crippen LogP contribution in [0.1, 0.15) is 50.2 Å². The third-order valence-corrected chi connectivity index (χ3v) is 6.91. The highest BCUT2D eigenvalue weighted by Gasteiger charge is 2.59. The number of fused-ring (bicyclic) bond motifs is 5. The third-order valence-electron chi connectivity index (χ3n) is 6.91. The van der Waals surface area contributed by atoms with Crippen molar-refractivity contribution < 1.29 is 15.0 Å². The quantitative estimate of drug-likeness (QED) is 0.784. The molecule has 4 rings (SSSR count). The lowest BCUT2D eigenvalue weighted by molar-refractivity contribution is -0.120. The van der Waals surface area contributed by atoms with Gasteiger partial charge in [0.15, 0.2) is 0 Å². The van der Waals surface area contributed by atoms with Crippen molar-refractivity contribution in [1.82, 2.24) is 0 Å². The molecule has 3 nitrogen and oxygen atoms in total. The summed E-state index contributed by atoms with van der Waals surface area (Å²) in [5, 5.41) is 19.9. The van der Waals surface area contributed by atoms with Crippen LogP contribution >= 0.6 is 0 Å². The van der Waals surface area contributed by atoms with E-state index in [1.54, 1.807) is 6.07 Å². The third kappa shape index (κ3) is 1.75. The van der Waals surface area contributed by atoms with Crippen LogP contribution in [0.15, 0.2) is 18.2 Å². The maximum absolute atomic E-state index is 12.2. The topological polar surface area (TPSA) is 57.5 Å². The van der Waals surface area contributed by atoms with Crippen molar-refractivity contribution in [3.05, 3.63) is 29.3 Å². The molecule has 0 aliphatic heterocycles. The Morgan fingerprint density at radius 3 is 2.86 bits per heavy atom. The second-order valence-electron chi connectivity index (χ2n) is 8.00. The second-order valence-corrected chi connectivity index (χ2v) is 8.00. The molecule has 0 heterocycles. The Labute approximate surface area is 131 Å². The first kappa shape index (κ1) is 14.3. The van der Waals surface area contributed by atoms with E-state index in [1.165, 1.54) is 6.29 Å². The number of phenols is 1. The number of carbonyl (C=O) groups is 1. The van der Waals surface area contributed by atoms with Gasteiger partial charge in [-0.05, 0) is 79.0 Å². The standard InChI is InChI=1S/C19H24O3/c1-18-6-7-19(11-20)15-5-3-13(21)8-12(15)2-4-16(19)17(18)9-14(22)10-18/h3,5,8,11,14,16-17,21-22H,2,4,6-7,9-10H2,1H3/t14?,16-,17-,18+,19?/m0/s1. The molecule has 5 atom stereocenters. The summed E-state index contributed by atoms with van der Waals surface area (Å²) in [6.07, 6.45) is 6.48. The number of benzene rings is 1. The summed E-state index contributed by atoms with van der Waals surface area (Å²) >= 11 is 0. The predicted molar refractivity (Wildman–Crippen MR) is 83.7 cm³/mol. The van der Waals surface area contributed by atoms with Crippen LogP contribution < -0.4 is 0 Å². The SMILES string of the molecule is C[C@]12CCC3(C=O)c4ccc(O)cc4CC[C@H]3[C@@H]1CC(O)C2. The lowest BCUT2D eigenvalue weighted by atomic mass is 9.49. The van der Waals surface area contributed by atoms with Crippen LogP contribution in [-0.2, 0) is 16.6 Å². The summed E-state index contributed by atoms with van der Waals surface area (Å²) in [5.41, 5.74) is 2.03. The van der Waals surface area contributed by atoms with Gasteiger partial charge in [0.05, 0.1) is 11.5 Å². The van der Waals surface area contributed by atoms with Gasteiger partial charge in [-0.2, -0.15) is 0 Å². The molecule has 0 radical (unpaired) electrons. The summed E-state index contributed by atoms with van der Waals surface area (Å²) in [5.74, 6) is 1.05. The number of aliphatic hydroxyl groups excluding tert-OH is 1. The molecule has 3 heteroatoms. The Morgan fingerprint density at radius 2 is 2.09 bits per heavy atom. The van der Waals surface area contributed by atoms with Gasteiger partial charge in [0.1, 0.15) is 12.0 Å². The first-order valence-corrected chi connectivity index (χ1v) is 8.45. The number of carbonyl (C=O) groups excluding carboxylic acids is 1. The molecule has 22 heavy (non-hydrogen) atoms. The van der Waals surface area contributed by atoms with Gasteiger partial charge in [-0.1, -0.05) is 13.0 Å². The van der Waals surface area contributed by atoms with Crippen molar-refractivity contribution >= 4 is 6.29 Å². The molecule has 1 aromatic carbocycles. The number of aryl methyl sites for hydroxylation is 1. The van der Waals surface area contributed by atoms with E-state index in [0.717, 1.165) is 49.7 Å². The van der Waals surface area contributed by atoms with E-state index in [9.17, 15) is 15.0 Å². The van der Waals surface area contributed by atoms with Gasteiger partial charge in [-0.15, -0.1) is 0 Å². The van der Waals surface area contributed by atoms with Gasteiger partial charge in [-0.3, -0.25) is 0 Å². The van der Waals surface area contributed by atoms with Crippen molar-refractivity contribution in [2.24, 2.45) is 17.3 Å². The van der Waals surface area contributed by atoms with Crippen LogP contribution in [0, 0.1) is 17.3 Å². The lowest BCUT2D eigenvalue weighted by Crippen LogP contribution is -2.51. The molecule has 0 amide bonds. The van der Waals surface area contributed by atoms with Crippen LogP contribution in [0.3, 0.4) is 0 Å². The summed E-state index contributed by atoms with van der Waals surface area (Å²) in [6, 6.07) is 5.50. The molecule has 0 aromatic heterocycles. The highest BCUT2D eigenvalue weighted by atomic mass is 16.3. The van der Waals surface area contributed by atoms with E-state index in [4.69, 9.17) is 0 Å². The zero-order valence-electron chi connectivity index (χ0n) is 13.1. The van der Waals surface area contributed by atoms with Crippen LogP contribution in [0.25, 0.3) is 0 Å². The van der Waals surface area contributed by atoms with Gasteiger partial charge < -0.3 is 15.0 Å². The summed E-state index contributed by atoms with van der Waals surface area (Å²) in [6.45, 7) is 2.30. The lowest BCUT2D eigenvalue weighted by Gasteiger charge is -2.54. The van der Waals surface area contributed by atoms with Crippen molar-refractivity contribution in [3.63, 3.8) is 0 Å². The fraction of sp³-hybridized carbons (Fsp3) is 0.632. The molecule has 2 unspecified atom stereocenters. The Kier molecular flexibility index (Phi) is 2.96. The first-order chi connectivity index (χ1) is 10.5. The van der Waals surface area contributed by atoms with Crippen LogP contribution in [-0.4, -0.2) is 22.6 Å². The van der Waals surface area contributed by atoms with E-state index < -0.39 is 5.41 Å². The van der Waals surface area contributed by atoms with E-state index in [-0.39, 0.29) is 17.3 Å². The van der Waals surface area contributed by atoms with Crippen LogP contribution in [0.5, 0.6) is 5.75 Å². The van der Waals surface area contributed by atoms with Crippen molar-refractivity contribution in [3.8, 4) is 5.75 Å². The first-order valence-electron chi connectivity index (χ1n) is 8.45. The maximum Gasteiger partial charge on any atom is 0.130 e. The van der Waals surface area contributed by atoms with Gasteiger partial charge in [0, 0.05) is 0 Å². The van der Waals surface area contributed by atoms with Crippen molar-refractivity contribution in [1.29, 1.82) is 0 Å². The molecule has 0 bridgehead atoms. The van der Waals surface area contributed by atoms with Crippen molar-refractivity contribution in [2.75, 3.05) is 0 Å².